The van der Waals surface area contributed by atoms with Crippen LogP contribution in [-0.2, 0) is 16.6 Å². The summed E-state index contributed by atoms with van der Waals surface area (Å²) < 4.78 is 34.4. The van der Waals surface area contributed by atoms with E-state index in [0.29, 0.717) is 37.9 Å². The molecule has 1 aliphatic rings. The lowest BCUT2D eigenvalue weighted by atomic mass is 9.94. The van der Waals surface area contributed by atoms with Gasteiger partial charge in [0.25, 0.3) is 10.2 Å². The Balaban J connectivity index is 1.92. The highest BCUT2D eigenvalue weighted by Gasteiger charge is 2.29. The molecule has 1 aromatic rings. The van der Waals surface area contributed by atoms with Crippen molar-refractivity contribution in [3.63, 3.8) is 0 Å². The van der Waals surface area contributed by atoms with Gasteiger partial charge in [0, 0.05) is 19.6 Å². The fourth-order valence-electron chi connectivity index (χ4n) is 3.12. The van der Waals surface area contributed by atoms with E-state index >= 15 is 0 Å². The van der Waals surface area contributed by atoms with Gasteiger partial charge in [-0.15, -0.1) is 0 Å². The van der Waals surface area contributed by atoms with E-state index in [1.54, 1.807) is 11.4 Å². The fourth-order valence-corrected chi connectivity index (χ4v) is 4.56. The molecule has 22 heavy (non-hydrogen) atoms. The number of nitrogens with zero attached hydrogens (tertiary/aromatic N) is 1. The molecule has 124 valence electrons. The Kier molecular flexibility index (Phi) is 5.83. The van der Waals surface area contributed by atoms with E-state index in [4.69, 9.17) is 4.74 Å². The highest BCUT2D eigenvalue weighted by atomic mass is 32.2. The van der Waals surface area contributed by atoms with Crippen molar-refractivity contribution >= 4 is 10.2 Å². The first kappa shape index (κ1) is 17.2. The van der Waals surface area contributed by atoms with Gasteiger partial charge in [0.2, 0.25) is 0 Å². The number of piperidine rings is 1. The highest BCUT2D eigenvalue weighted by molar-refractivity contribution is 7.87. The quantitative estimate of drug-likeness (QED) is 0.870. The van der Waals surface area contributed by atoms with Crippen molar-refractivity contribution in [1.82, 2.24) is 9.03 Å². The predicted octanol–water partition coefficient (Wildman–Crippen LogP) is 2.05. The summed E-state index contributed by atoms with van der Waals surface area (Å²) in [5.74, 6) is 1.62. The minimum Gasteiger partial charge on any atom is -0.496 e. The molecule has 1 aromatic carbocycles. The molecule has 0 radical (unpaired) electrons. The Hall–Kier alpha value is -1.11. The Labute approximate surface area is 133 Å². The van der Waals surface area contributed by atoms with E-state index in [0.717, 1.165) is 17.7 Å². The summed E-state index contributed by atoms with van der Waals surface area (Å²) in [5, 5.41) is 0. The number of nitrogens with one attached hydrogen (secondary N) is 1. The maximum absolute atomic E-state index is 12.4. The number of methoxy groups -OCH3 is 1. The molecule has 6 heteroatoms. The van der Waals surface area contributed by atoms with Crippen LogP contribution in [0.4, 0.5) is 0 Å². The van der Waals surface area contributed by atoms with Gasteiger partial charge >= 0.3 is 0 Å². The second kappa shape index (κ2) is 7.44. The van der Waals surface area contributed by atoms with Gasteiger partial charge < -0.3 is 4.74 Å². The summed E-state index contributed by atoms with van der Waals surface area (Å²) in [7, 11) is -1.77. The van der Waals surface area contributed by atoms with Crippen LogP contribution in [0.15, 0.2) is 24.3 Å². The third-order valence-corrected chi connectivity index (χ3v) is 5.59. The average molecular weight is 326 g/mol. The van der Waals surface area contributed by atoms with Gasteiger partial charge in [0.15, 0.2) is 0 Å². The van der Waals surface area contributed by atoms with Gasteiger partial charge in [-0.3, -0.25) is 0 Å². The minimum absolute atomic E-state index is 0.377. The predicted molar refractivity (Wildman–Crippen MR) is 88.1 cm³/mol. The SMILES string of the molecule is COc1ccccc1CCNS(=O)(=O)N1CC(C)CC(C)C1. The molecule has 0 spiro atoms. The number of benzene rings is 1. The fraction of sp³-hybridized carbons (Fsp3) is 0.625. The normalized spacial score (nSPS) is 23.4. The monoisotopic (exact) mass is 326 g/mol. The molecule has 2 unspecified atom stereocenters. The second-order valence-electron chi connectivity index (χ2n) is 6.22. The van der Waals surface area contributed by atoms with Crippen LogP contribution < -0.4 is 9.46 Å². The third-order valence-electron chi connectivity index (χ3n) is 4.05. The lowest BCUT2D eigenvalue weighted by molar-refractivity contribution is 0.220. The second-order valence-corrected chi connectivity index (χ2v) is 7.98. The van der Waals surface area contributed by atoms with Gasteiger partial charge in [-0.1, -0.05) is 32.0 Å². The topological polar surface area (TPSA) is 58.6 Å². The van der Waals surface area contributed by atoms with Gasteiger partial charge in [-0.25, -0.2) is 4.72 Å². The summed E-state index contributed by atoms with van der Waals surface area (Å²) >= 11 is 0. The van der Waals surface area contributed by atoms with Crippen molar-refractivity contribution in [2.24, 2.45) is 11.8 Å². The first-order chi connectivity index (χ1) is 10.4. The molecule has 0 saturated carbocycles. The average Bonchev–Trinajstić information content (AvgIpc) is 2.46. The zero-order valence-corrected chi connectivity index (χ0v) is 14.4. The van der Waals surface area contributed by atoms with Crippen molar-refractivity contribution in [3.05, 3.63) is 29.8 Å². The van der Waals surface area contributed by atoms with Crippen LogP contribution in [0.3, 0.4) is 0 Å². The number of rotatable bonds is 6. The van der Waals surface area contributed by atoms with Crippen LogP contribution in [0.2, 0.25) is 0 Å². The molecule has 5 nitrogen and oxygen atoms in total. The Morgan fingerprint density at radius 3 is 2.50 bits per heavy atom. The van der Waals surface area contributed by atoms with Crippen LogP contribution in [0.1, 0.15) is 25.8 Å². The third kappa shape index (κ3) is 4.44. The molecule has 1 saturated heterocycles. The highest BCUT2D eigenvalue weighted by Crippen LogP contribution is 2.23. The number of para-hydroxylation sites is 1. The van der Waals surface area contributed by atoms with E-state index < -0.39 is 10.2 Å². The van der Waals surface area contributed by atoms with E-state index in [1.165, 1.54) is 0 Å². The molecule has 0 aromatic heterocycles. The summed E-state index contributed by atoms with van der Waals surface area (Å²) in [4.78, 5) is 0. The zero-order valence-electron chi connectivity index (χ0n) is 13.6. The van der Waals surface area contributed by atoms with Crippen LogP contribution in [0.5, 0.6) is 5.75 Å². The molecule has 2 rings (SSSR count). The molecule has 0 bridgehead atoms. The molecule has 1 heterocycles. The largest absolute Gasteiger partial charge is 0.496 e. The molecular formula is C16H26N2O3S. The minimum atomic E-state index is -3.40. The van der Waals surface area contributed by atoms with Crippen molar-refractivity contribution in [1.29, 1.82) is 0 Å². The summed E-state index contributed by atoms with van der Waals surface area (Å²) in [5.41, 5.74) is 1.01. The molecule has 0 amide bonds. The standard InChI is InChI=1S/C16H26N2O3S/c1-13-10-14(2)12-18(11-13)22(19,20)17-9-8-15-6-4-5-7-16(15)21-3/h4-7,13-14,17H,8-12H2,1-3H3. The van der Waals surface area contributed by atoms with E-state index in [2.05, 4.69) is 18.6 Å². The smallest absolute Gasteiger partial charge is 0.279 e. The molecule has 1 fully saturated rings. The molecule has 1 aliphatic heterocycles. The maximum atomic E-state index is 12.4. The summed E-state index contributed by atoms with van der Waals surface area (Å²) in [6.07, 6.45) is 1.70. The number of hydrogen-bond acceptors (Lipinski definition) is 3. The van der Waals surface area contributed by atoms with Crippen LogP contribution >= 0.6 is 0 Å². The van der Waals surface area contributed by atoms with Crippen LogP contribution in [0, 0.1) is 11.8 Å². The van der Waals surface area contributed by atoms with E-state index in [-0.39, 0.29) is 0 Å². The van der Waals surface area contributed by atoms with Crippen molar-refractivity contribution in [2.75, 3.05) is 26.7 Å². The summed E-state index contributed by atoms with van der Waals surface area (Å²) in [6.45, 7) is 5.80. The van der Waals surface area contributed by atoms with Gasteiger partial charge in [0.05, 0.1) is 7.11 Å². The first-order valence-corrected chi connectivity index (χ1v) is 9.23. The van der Waals surface area contributed by atoms with Gasteiger partial charge in [-0.05, 0) is 36.3 Å². The van der Waals surface area contributed by atoms with Crippen molar-refractivity contribution in [3.8, 4) is 5.75 Å². The van der Waals surface area contributed by atoms with Crippen LogP contribution in [0.25, 0.3) is 0 Å². The Bertz CT molecular complexity index is 579. The van der Waals surface area contributed by atoms with Gasteiger partial charge in [-0.2, -0.15) is 12.7 Å². The molecule has 1 N–H and O–H groups in total. The number of ether oxygens (including phenoxy) is 1. The maximum Gasteiger partial charge on any atom is 0.279 e. The van der Waals surface area contributed by atoms with E-state index in [9.17, 15) is 8.42 Å². The lowest BCUT2D eigenvalue weighted by Crippen LogP contribution is -2.48. The lowest BCUT2D eigenvalue weighted by Gasteiger charge is -2.33. The van der Waals surface area contributed by atoms with E-state index in [1.807, 2.05) is 24.3 Å². The molecule has 0 aliphatic carbocycles. The first-order valence-electron chi connectivity index (χ1n) is 7.79. The van der Waals surface area contributed by atoms with Crippen LogP contribution in [-0.4, -0.2) is 39.5 Å². The molecular weight excluding hydrogens is 300 g/mol. The Morgan fingerprint density at radius 1 is 1.23 bits per heavy atom. The van der Waals surface area contributed by atoms with Crippen molar-refractivity contribution < 1.29 is 13.2 Å². The van der Waals surface area contributed by atoms with Gasteiger partial charge in [0.1, 0.15) is 5.75 Å². The zero-order chi connectivity index (χ0) is 16.2. The Morgan fingerprint density at radius 2 is 1.86 bits per heavy atom. The number of hydrogen-bond donors (Lipinski definition) is 1. The van der Waals surface area contributed by atoms with Crippen molar-refractivity contribution in [2.45, 2.75) is 26.7 Å². The summed E-state index contributed by atoms with van der Waals surface area (Å²) in [6, 6.07) is 7.68. The molecule has 2 atom stereocenters.